The fourth-order valence-corrected chi connectivity index (χ4v) is 2.75. The standard InChI is InChI=1S/C18H16ClNO2/c1-3-11-4-7-17(22-2)12(8-11)9-15-14-6-5-13(19)10-16(14)20-18(15)21/h4-10H,3H2,1-2H3,(H,20,21)/b15-9+. The van der Waals surface area contributed by atoms with Crippen molar-refractivity contribution in [1.82, 2.24) is 0 Å². The van der Waals surface area contributed by atoms with E-state index in [1.54, 1.807) is 19.2 Å². The van der Waals surface area contributed by atoms with Crippen molar-refractivity contribution in [1.29, 1.82) is 0 Å². The molecule has 1 aliphatic rings. The third-order valence-corrected chi connectivity index (χ3v) is 4.00. The van der Waals surface area contributed by atoms with Crippen LogP contribution in [0.5, 0.6) is 5.75 Å². The number of halogens is 1. The third kappa shape index (κ3) is 2.60. The van der Waals surface area contributed by atoms with Crippen LogP contribution in [0.3, 0.4) is 0 Å². The van der Waals surface area contributed by atoms with Crippen molar-refractivity contribution in [2.45, 2.75) is 13.3 Å². The van der Waals surface area contributed by atoms with Gasteiger partial charge in [-0.1, -0.05) is 30.7 Å². The minimum Gasteiger partial charge on any atom is -0.496 e. The highest BCUT2D eigenvalue weighted by atomic mass is 35.5. The first kappa shape index (κ1) is 14.7. The molecule has 0 saturated heterocycles. The monoisotopic (exact) mass is 313 g/mol. The molecule has 112 valence electrons. The van der Waals surface area contributed by atoms with Crippen LogP contribution in [-0.4, -0.2) is 13.0 Å². The van der Waals surface area contributed by atoms with Gasteiger partial charge in [0.05, 0.1) is 12.8 Å². The highest BCUT2D eigenvalue weighted by Gasteiger charge is 2.24. The lowest BCUT2D eigenvalue weighted by atomic mass is 10.0. The quantitative estimate of drug-likeness (QED) is 0.853. The number of fused-ring (bicyclic) bond motifs is 1. The zero-order chi connectivity index (χ0) is 15.7. The first-order chi connectivity index (χ1) is 10.6. The molecule has 0 atom stereocenters. The van der Waals surface area contributed by atoms with Gasteiger partial charge >= 0.3 is 0 Å². The molecular formula is C18H16ClNO2. The number of amides is 1. The molecule has 0 aliphatic carbocycles. The molecule has 0 fully saturated rings. The Labute approximate surface area is 134 Å². The van der Waals surface area contributed by atoms with Crippen LogP contribution in [0.2, 0.25) is 5.02 Å². The van der Waals surface area contributed by atoms with E-state index in [-0.39, 0.29) is 5.91 Å². The minimum atomic E-state index is -0.124. The van der Waals surface area contributed by atoms with Crippen molar-refractivity contribution in [2.24, 2.45) is 0 Å². The predicted molar refractivity (Wildman–Crippen MR) is 90.3 cm³/mol. The van der Waals surface area contributed by atoms with E-state index in [2.05, 4.69) is 12.2 Å². The number of ether oxygens (including phenoxy) is 1. The average Bonchev–Trinajstić information content (AvgIpc) is 2.82. The summed E-state index contributed by atoms with van der Waals surface area (Å²) in [6.07, 6.45) is 2.80. The van der Waals surface area contributed by atoms with Gasteiger partial charge in [0.2, 0.25) is 0 Å². The third-order valence-electron chi connectivity index (χ3n) is 3.77. The first-order valence-corrected chi connectivity index (χ1v) is 7.50. The first-order valence-electron chi connectivity index (χ1n) is 7.12. The van der Waals surface area contributed by atoms with Gasteiger partial charge in [-0.05, 0) is 42.3 Å². The lowest BCUT2D eigenvalue weighted by Crippen LogP contribution is -2.03. The molecule has 2 aromatic rings. The number of benzene rings is 2. The number of anilines is 1. The molecule has 1 aliphatic heterocycles. The Morgan fingerprint density at radius 3 is 2.77 bits per heavy atom. The second-order valence-corrected chi connectivity index (χ2v) is 5.57. The molecule has 1 heterocycles. The summed E-state index contributed by atoms with van der Waals surface area (Å²) in [5.41, 5.74) is 4.32. The molecule has 0 saturated carbocycles. The van der Waals surface area contributed by atoms with Gasteiger partial charge in [-0.25, -0.2) is 0 Å². The van der Waals surface area contributed by atoms with Gasteiger partial charge in [0.25, 0.3) is 5.91 Å². The van der Waals surface area contributed by atoms with E-state index in [1.807, 2.05) is 30.3 Å². The molecule has 0 unspecified atom stereocenters. The summed E-state index contributed by atoms with van der Waals surface area (Å²) in [4.78, 5) is 12.2. The van der Waals surface area contributed by atoms with Crippen LogP contribution in [0, 0.1) is 0 Å². The van der Waals surface area contributed by atoms with Crippen LogP contribution in [0.1, 0.15) is 23.6 Å². The van der Waals surface area contributed by atoms with Crippen molar-refractivity contribution in [3.63, 3.8) is 0 Å². The zero-order valence-corrected chi connectivity index (χ0v) is 13.2. The smallest absolute Gasteiger partial charge is 0.256 e. The van der Waals surface area contributed by atoms with Gasteiger partial charge in [0.15, 0.2) is 0 Å². The molecule has 0 bridgehead atoms. The SMILES string of the molecule is CCc1ccc(OC)c(/C=C2/C(=O)Nc3cc(Cl)ccc32)c1. The second kappa shape index (κ2) is 5.85. The highest BCUT2D eigenvalue weighted by Crippen LogP contribution is 2.36. The molecule has 0 aromatic heterocycles. The number of hydrogen-bond donors (Lipinski definition) is 1. The van der Waals surface area contributed by atoms with Crippen molar-refractivity contribution < 1.29 is 9.53 Å². The van der Waals surface area contributed by atoms with Gasteiger partial charge in [-0.15, -0.1) is 0 Å². The normalized spacial score (nSPS) is 14.9. The van der Waals surface area contributed by atoms with Crippen LogP contribution in [0.15, 0.2) is 36.4 Å². The summed E-state index contributed by atoms with van der Waals surface area (Å²) in [5.74, 6) is 0.626. The Balaban J connectivity index is 2.12. The largest absolute Gasteiger partial charge is 0.496 e. The van der Waals surface area contributed by atoms with E-state index < -0.39 is 0 Å². The topological polar surface area (TPSA) is 38.3 Å². The molecule has 2 aromatic carbocycles. The molecule has 4 heteroatoms. The Kier molecular flexibility index (Phi) is 3.90. The summed E-state index contributed by atoms with van der Waals surface area (Å²) in [7, 11) is 1.63. The van der Waals surface area contributed by atoms with E-state index in [0.717, 1.165) is 29.0 Å². The van der Waals surface area contributed by atoms with Gasteiger partial charge in [-0.2, -0.15) is 0 Å². The van der Waals surface area contributed by atoms with E-state index in [9.17, 15) is 4.79 Å². The van der Waals surface area contributed by atoms with Crippen molar-refractivity contribution in [3.8, 4) is 5.75 Å². The lowest BCUT2D eigenvalue weighted by Gasteiger charge is -2.08. The molecular weight excluding hydrogens is 298 g/mol. The fourth-order valence-electron chi connectivity index (χ4n) is 2.58. The number of aryl methyl sites for hydroxylation is 1. The van der Waals surface area contributed by atoms with E-state index in [1.165, 1.54) is 5.56 Å². The van der Waals surface area contributed by atoms with Gasteiger partial charge in [0, 0.05) is 21.7 Å². The lowest BCUT2D eigenvalue weighted by molar-refractivity contribution is -0.110. The van der Waals surface area contributed by atoms with Crippen LogP contribution in [0.4, 0.5) is 5.69 Å². The highest BCUT2D eigenvalue weighted by molar-refractivity contribution is 6.36. The molecule has 1 N–H and O–H groups in total. The molecule has 22 heavy (non-hydrogen) atoms. The number of rotatable bonds is 3. The zero-order valence-electron chi connectivity index (χ0n) is 12.4. The molecule has 3 nitrogen and oxygen atoms in total. The average molecular weight is 314 g/mol. The van der Waals surface area contributed by atoms with Crippen LogP contribution >= 0.6 is 11.6 Å². The van der Waals surface area contributed by atoms with Crippen molar-refractivity contribution in [3.05, 3.63) is 58.1 Å². The summed E-state index contributed by atoms with van der Waals surface area (Å²) >= 11 is 5.98. The van der Waals surface area contributed by atoms with Gasteiger partial charge < -0.3 is 10.1 Å². The summed E-state index contributed by atoms with van der Waals surface area (Å²) in [6, 6.07) is 11.4. The number of methoxy groups -OCH3 is 1. The van der Waals surface area contributed by atoms with Gasteiger partial charge in [-0.3, -0.25) is 4.79 Å². The number of carbonyl (C=O) groups excluding carboxylic acids is 1. The Hall–Kier alpha value is -2.26. The molecule has 0 spiro atoms. The fraction of sp³-hybridized carbons (Fsp3) is 0.167. The summed E-state index contributed by atoms with van der Waals surface area (Å²) in [5, 5.41) is 3.44. The maximum atomic E-state index is 12.2. The maximum absolute atomic E-state index is 12.2. The predicted octanol–water partition coefficient (Wildman–Crippen LogP) is 4.40. The Bertz CT molecular complexity index is 781. The van der Waals surface area contributed by atoms with Gasteiger partial charge in [0.1, 0.15) is 5.75 Å². The molecule has 0 radical (unpaired) electrons. The summed E-state index contributed by atoms with van der Waals surface area (Å²) in [6.45, 7) is 2.10. The van der Waals surface area contributed by atoms with Crippen LogP contribution in [0.25, 0.3) is 11.6 Å². The molecule has 3 rings (SSSR count). The number of carbonyl (C=O) groups is 1. The number of hydrogen-bond acceptors (Lipinski definition) is 2. The minimum absolute atomic E-state index is 0.124. The second-order valence-electron chi connectivity index (χ2n) is 5.13. The van der Waals surface area contributed by atoms with Crippen LogP contribution < -0.4 is 10.1 Å². The van der Waals surface area contributed by atoms with Crippen molar-refractivity contribution in [2.75, 3.05) is 12.4 Å². The van der Waals surface area contributed by atoms with Crippen molar-refractivity contribution >= 4 is 34.8 Å². The van der Waals surface area contributed by atoms with E-state index in [0.29, 0.717) is 10.6 Å². The number of nitrogens with one attached hydrogen (secondary N) is 1. The maximum Gasteiger partial charge on any atom is 0.256 e. The van der Waals surface area contributed by atoms with E-state index in [4.69, 9.17) is 16.3 Å². The molecule has 1 amide bonds. The van der Waals surface area contributed by atoms with Crippen LogP contribution in [-0.2, 0) is 11.2 Å². The van der Waals surface area contributed by atoms with E-state index >= 15 is 0 Å². The Morgan fingerprint density at radius 1 is 1.23 bits per heavy atom. The summed E-state index contributed by atoms with van der Waals surface area (Å²) < 4.78 is 5.40. The Morgan fingerprint density at radius 2 is 2.05 bits per heavy atom.